The Balaban J connectivity index is 2.01. The zero-order chi connectivity index (χ0) is 12.8. The zero-order valence-electron chi connectivity index (χ0n) is 10.3. The summed E-state index contributed by atoms with van der Waals surface area (Å²) in [6, 6.07) is 8.54. The number of anilines is 1. The van der Waals surface area contributed by atoms with Crippen LogP contribution in [0.2, 0.25) is 0 Å². The van der Waals surface area contributed by atoms with Crippen LogP contribution in [0.5, 0.6) is 0 Å². The second-order valence-corrected chi connectivity index (χ2v) is 5.79. The third-order valence-corrected chi connectivity index (χ3v) is 3.78. The summed E-state index contributed by atoms with van der Waals surface area (Å²) < 4.78 is 1.19. The lowest BCUT2D eigenvalue weighted by molar-refractivity contribution is 0.442. The van der Waals surface area contributed by atoms with Gasteiger partial charge in [-0.05, 0) is 53.6 Å². The molecule has 0 aliphatic heterocycles. The van der Waals surface area contributed by atoms with E-state index in [1.165, 1.54) is 35.7 Å². The maximum atomic E-state index is 5.53. The number of nitrogens with one attached hydrogen (secondary N) is 2. The molecule has 0 bridgehead atoms. The fraction of sp³-hybridized carbons (Fsp3) is 0.462. The van der Waals surface area contributed by atoms with Crippen molar-refractivity contribution in [2.75, 3.05) is 5.32 Å². The molecule has 1 aromatic carbocycles. The number of hydrogen-bond donors (Lipinski definition) is 3. The Labute approximate surface area is 122 Å². The Hall–Kier alpha value is -0.820. The van der Waals surface area contributed by atoms with E-state index < -0.39 is 0 Å². The van der Waals surface area contributed by atoms with Gasteiger partial charge in [0.15, 0.2) is 0 Å². The molecule has 0 spiro atoms. The van der Waals surface area contributed by atoms with Gasteiger partial charge in [0.2, 0.25) is 5.96 Å². The molecule has 0 atom stereocenters. The van der Waals surface area contributed by atoms with Crippen LogP contribution < -0.4 is 16.6 Å². The minimum Gasteiger partial charge on any atom is -0.325 e. The van der Waals surface area contributed by atoms with Crippen LogP contribution in [0.1, 0.15) is 32.1 Å². The summed E-state index contributed by atoms with van der Waals surface area (Å²) in [6.45, 7) is 0. The second-order valence-electron chi connectivity index (χ2n) is 4.55. The van der Waals surface area contributed by atoms with Crippen molar-refractivity contribution in [2.24, 2.45) is 10.8 Å². The molecule has 18 heavy (non-hydrogen) atoms. The van der Waals surface area contributed by atoms with E-state index in [-0.39, 0.29) is 0 Å². The van der Waals surface area contributed by atoms with Crippen molar-refractivity contribution in [3.05, 3.63) is 27.8 Å². The van der Waals surface area contributed by atoms with Gasteiger partial charge in [0.1, 0.15) is 0 Å². The normalized spacial score (nSPS) is 17.6. The Morgan fingerprint density at radius 3 is 2.72 bits per heavy atom. The highest BCUT2D eigenvalue weighted by molar-refractivity contribution is 14.1. The third kappa shape index (κ3) is 4.13. The smallest absolute Gasteiger partial charge is 0.210 e. The Morgan fingerprint density at radius 2 is 2.06 bits per heavy atom. The number of hydrazine groups is 1. The lowest BCUT2D eigenvalue weighted by Gasteiger charge is -2.19. The average Bonchev–Trinajstić information content (AvgIpc) is 2.39. The van der Waals surface area contributed by atoms with Gasteiger partial charge in [0.05, 0.1) is 6.04 Å². The van der Waals surface area contributed by atoms with Crippen molar-refractivity contribution in [1.82, 2.24) is 5.43 Å². The monoisotopic (exact) mass is 358 g/mol. The fourth-order valence-corrected chi connectivity index (χ4v) is 2.74. The van der Waals surface area contributed by atoms with Gasteiger partial charge in [-0.1, -0.05) is 25.3 Å². The average molecular weight is 358 g/mol. The summed E-state index contributed by atoms with van der Waals surface area (Å²) in [6.07, 6.45) is 6.21. The second kappa shape index (κ2) is 6.94. The zero-order valence-corrected chi connectivity index (χ0v) is 12.5. The number of nitrogens with zero attached hydrogens (tertiary/aromatic N) is 1. The minimum absolute atomic E-state index is 0.403. The van der Waals surface area contributed by atoms with Crippen LogP contribution in [-0.2, 0) is 0 Å². The Bertz CT molecular complexity index is 413. The molecule has 4 N–H and O–H groups in total. The summed E-state index contributed by atoms with van der Waals surface area (Å²) in [7, 11) is 0. The van der Waals surface area contributed by atoms with E-state index in [4.69, 9.17) is 5.84 Å². The van der Waals surface area contributed by atoms with E-state index in [0.717, 1.165) is 5.69 Å². The molecule has 4 nitrogen and oxygen atoms in total. The molecular weight excluding hydrogens is 339 g/mol. The first-order valence-corrected chi connectivity index (χ1v) is 7.43. The quantitative estimate of drug-likeness (QED) is 0.251. The Kier molecular flexibility index (Phi) is 5.25. The molecule has 1 aliphatic carbocycles. The number of benzene rings is 1. The predicted molar refractivity (Wildman–Crippen MR) is 84.4 cm³/mol. The van der Waals surface area contributed by atoms with Crippen LogP contribution in [0.25, 0.3) is 0 Å². The number of guanidine groups is 1. The first-order valence-electron chi connectivity index (χ1n) is 6.35. The van der Waals surface area contributed by atoms with Crippen LogP contribution >= 0.6 is 22.6 Å². The number of nitrogens with two attached hydrogens (primary N) is 1. The fourth-order valence-electron chi connectivity index (χ4n) is 2.20. The molecule has 0 amide bonds. The van der Waals surface area contributed by atoms with E-state index in [9.17, 15) is 0 Å². The molecule has 98 valence electrons. The molecule has 1 aliphatic rings. The van der Waals surface area contributed by atoms with Crippen LogP contribution in [0.4, 0.5) is 5.69 Å². The largest absolute Gasteiger partial charge is 0.325 e. The molecule has 0 unspecified atom stereocenters. The van der Waals surface area contributed by atoms with Gasteiger partial charge in [0, 0.05) is 9.26 Å². The number of aliphatic imine (C=N–C) groups is 1. The first kappa shape index (κ1) is 13.6. The highest BCUT2D eigenvalue weighted by atomic mass is 127. The maximum absolute atomic E-state index is 5.53. The molecule has 5 heteroatoms. The lowest BCUT2D eigenvalue weighted by Crippen LogP contribution is -2.37. The Morgan fingerprint density at radius 1 is 1.28 bits per heavy atom. The number of halogens is 1. The van der Waals surface area contributed by atoms with E-state index >= 15 is 0 Å². The lowest BCUT2D eigenvalue weighted by atomic mass is 9.96. The molecular formula is C13H19IN4. The van der Waals surface area contributed by atoms with Gasteiger partial charge in [-0.3, -0.25) is 5.43 Å². The van der Waals surface area contributed by atoms with Gasteiger partial charge in [0.25, 0.3) is 0 Å². The van der Waals surface area contributed by atoms with Crippen molar-refractivity contribution < 1.29 is 0 Å². The molecule has 0 heterocycles. The number of rotatable bonds is 2. The van der Waals surface area contributed by atoms with Crippen molar-refractivity contribution in [3.8, 4) is 0 Å². The van der Waals surface area contributed by atoms with Gasteiger partial charge in [-0.2, -0.15) is 0 Å². The van der Waals surface area contributed by atoms with Gasteiger partial charge in [-0.25, -0.2) is 10.8 Å². The molecule has 0 aromatic heterocycles. The van der Waals surface area contributed by atoms with Gasteiger partial charge < -0.3 is 5.32 Å². The van der Waals surface area contributed by atoms with Crippen molar-refractivity contribution in [1.29, 1.82) is 0 Å². The molecule has 1 aromatic rings. The molecule has 1 fully saturated rings. The highest BCUT2D eigenvalue weighted by Crippen LogP contribution is 2.20. The summed E-state index contributed by atoms with van der Waals surface area (Å²) >= 11 is 2.29. The molecule has 1 saturated carbocycles. The van der Waals surface area contributed by atoms with Crippen LogP contribution in [0.3, 0.4) is 0 Å². The van der Waals surface area contributed by atoms with Crippen LogP contribution in [0, 0.1) is 3.57 Å². The maximum Gasteiger partial charge on any atom is 0.210 e. The highest BCUT2D eigenvalue weighted by Gasteiger charge is 2.13. The number of hydrogen-bond acceptors (Lipinski definition) is 2. The van der Waals surface area contributed by atoms with E-state index in [2.05, 4.69) is 50.5 Å². The van der Waals surface area contributed by atoms with Crippen LogP contribution in [0.15, 0.2) is 29.3 Å². The topological polar surface area (TPSA) is 62.4 Å². The van der Waals surface area contributed by atoms with Crippen molar-refractivity contribution in [2.45, 2.75) is 38.1 Å². The van der Waals surface area contributed by atoms with Crippen molar-refractivity contribution in [3.63, 3.8) is 0 Å². The standard InChI is InChI=1S/C13H19IN4/c14-10-5-4-8-12(9-10)17-13(18-15)16-11-6-2-1-3-7-11/h4-5,8-9,11H,1-3,6-7,15H2,(H2,16,17,18). The third-order valence-electron chi connectivity index (χ3n) is 3.11. The van der Waals surface area contributed by atoms with E-state index in [1.54, 1.807) is 0 Å². The van der Waals surface area contributed by atoms with E-state index in [1.807, 2.05) is 12.1 Å². The molecule has 0 saturated heterocycles. The van der Waals surface area contributed by atoms with Gasteiger partial charge in [-0.15, -0.1) is 0 Å². The predicted octanol–water partition coefficient (Wildman–Crippen LogP) is 2.86. The van der Waals surface area contributed by atoms with Crippen molar-refractivity contribution >= 4 is 34.2 Å². The summed E-state index contributed by atoms with van der Waals surface area (Å²) in [5, 5.41) is 3.23. The van der Waals surface area contributed by atoms with Gasteiger partial charge >= 0.3 is 0 Å². The summed E-state index contributed by atoms with van der Waals surface area (Å²) in [5.74, 6) is 6.19. The summed E-state index contributed by atoms with van der Waals surface area (Å²) in [4.78, 5) is 4.65. The summed E-state index contributed by atoms with van der Waals surface area (Å²) in [5.41, 5.74) is 3.66. The molecule has 0 radical (unpaired) electrons. The van der Waals surface area contributed by atoms with Crippen LogP contribution in [-0.4, -0.2) is 12.0 Å². The van der Waals surface area contributed by atoms with E-state index in [0.29, 0.717) is 12.0 Å². The minimum atomic E-state index is 0.403. The molecule has 2 rings (SSSR count). The SMILES string of the molecule is NNC(=NC1CCCCC1)Nc1cccc(I)c1. The first-order chi connectivity index (χ1) is 8.78.